The SMILES string of the molecule is C=CCn1c(=C(C#N)S(=O)(=O)c2ccc(C)cc2)s/c(=C\c2ccco2)c1=O. The van der Waals surface area contributed by atoms with Crippen molar-refractivity contribution in [2.75, 3.05) is 0 Å². The molecule has 0 radical (unpaired) electrons. The predicted molar refractivity (Wildman–Crippen MR) is 108 cm³/mol. The van der Waals surface area contributed by atoms with Crippen LogP contribution in [0.25, 0.3) is 11.0 Å². The number of aryl methyl sites for hydroxylation is 1. The highest BCUT2D eigenvalue weighted by Gasteiger charge is 2.24. The Balaban J connectivity index is 2.37. The fourth-order valence-electron chi connectivity index (χ4n) is 2.54. The van der Waals surface area contributed by atoms with Crippen LogP contribution in [0, 0.1) is 18.3 Å². The topological polar surface area (TPSA) is 93.1 Å². The molecule has 0 aliphatic heterocycles. The Morgan fingerprint density at radius 2 is 2.04 bits per heavy atom. The van der Waals surface area contributed by atoms with Gasteiger partial charge in [0.25, 0.3) is 5.56 Å². The van der Waals surface area contributed by atoms with E-state index in [2.05, 4.69) is 6.58 Å². The molecule has 28 heavy (non-hydrogen) atoms. The van der Waals surface area contributed by atoms with Gasteiger partial charge in [0.2, 0.25) is 9.84 Å². The summed E-state index contributed by atoms with van der Waals surface area (Å²) in [5.74, 6) is 0.454. The Bertz CT molecular complexity index is 1340. The number of furan rings is 1. The molecule has 142 valence electrons. The van der Waals surface area contributed by atoms with Crippen LogP contribution in [0.2, 0.25) is 0 Å². The molecular weight excluding hydrogens is 396 g/mol. The summed E-state index contributed by atoms with van der Waals surface area (Å²) in [6, 6.07) is 11.3. The molecule has 2 heterocycles. The van der Waals surface area contributed by atoms with Crippen molar-refractivity contribution in [3.05, 3.63) is 86.2 Å². The molecule has 0 aliphatic carbocycles. The van der Waals surface area contributed by atoms with E-state index < -0.39 is 20.3 Å². The lowest BCUT2D eigenvalue weighted by molar-refractivity contribution is 0.556. The molecular formula is C20H16N2O4S2. The van der Waals surface area contributed by atoms with Crippen molar-refractivity contribution < 1.29 is 12.8 Å². The number of thiazole rings is 1. The van der Waals surface area contributed by atoms with Gasteiger partial charge in [-0.05, 0) is 31.2 Å². The second-order valence-electron chi connectivity index (χ2n) is 5.89. The minimum atomic E-state index is -4.09. The third-order valence-corrected chi connectivity index (χ3v) is 6.91. The summed E-state index contributed by atoms with van der Waals surface area (Å²) in [4.78, 5) is 12.3. The van der Waals surface area contributed by atoms with Gasteiger partial charge in [-0.1, -0.05) is 23.8 Å². The van der Waals surface area contributed by atoms with Crippen molar-refractivity contribution in [2.45, 2.75) is 18.4 Å². The molecule has 0 bridgehead atoms. The molecule has 0 saturated carbocycles. The normalized spacial score (nSPS) is 13.2. The first kappa shape index (κ1) is 19.6. The van der Waals surface area contributed by atoms with Crippen molar-refractivity contribution in [1.29, 1.82) is 5.26 Å². The number of benzene rings is 1. The molecule has 0 aliphatic rings. The fourth-order valence-corrected chi connectivity index (χ4v) is 5.18. The minimum Gasteiger partial charge on any atom is -0.465 e. The van der Waals surface area contributed by atoms with Gasteiger partial charge in [0, 0.05) is 12.6 Å². The molecule has 0 N–H and O–H groups in total. The number of nitriles is 1. The maximum atomic E-state index is 13.0. The monoisotopic (exact) mass is 412 g/mol. The summed E-state index contributed by atoms with van der Waals surface area (Å²) < 4.78 is 32.9. The molecule has 0 saturated heterocycles. The molecule has 6 nitrogen and oxygen atoms in total. The summed E-state index contributed by atoms with van der Waals surface area (Å²) >= 11 is 0.930. The zero-order valence-electron chi connectivity index (χ0n) is 15.0. The number of hydrogen-bond donors (Lipinski definition) is 0. The average Bonchev–Trinajstić information content (AvgIpc) is 3.27. The largest absolute Gasteiger partial charge is 0.465 e. The van der Waals surface area contributed by atoms with E-state index in [9.17, 15) is 18.5 Å². The summed E-state index contributed by atoms with van der Waals surface area (Å²) in [5.41, 5.74) is 0.482. The third kappa shape index (κ3) is 3.63. The highest BCUT2D eigenvalue weighted by atomic mass is 32.2. The van der Waals surface area contributed by atoms with Gasteiger partial charge in [0.15, 0.2) is 4.91 Å². The first-order chi connectivity index (χ1) is 13.4. The molecule has 8 heteroatoms. The Hall–Kier alpha value is -3.15. The Kier molecular flexibility index (Phi) is 5.49. The van der Waals surface area contributed by atoms with Crippen LogP contribution in [-0.2, 0) is 16.4 Å². The van der Waals surface area contributed by atoms with E-state index in [4.69, 9.17) is 4.42 Å². The van der Waals surface area contributed by atoms with Crippen LogP contribution in [0.4, 0.5) is 0 Å². The summed E-state index contributed by atoms with van der Waals surface area (Å²) in [5, 5.41) is 9.65. The second kappa shape index (κ2) is 7.84. The maximum absolute atomic E-state index is 13.0. The van der Waals surface area contributed by atoms with Crippen LogP contribution in [0.5, 0.6) is 0 Å². The molecule has 0 spiro atoms. The van der Waals surface area contributed by atoms with Gasteiger partial charge in [0.1, 0.15) is 16.5 Å². The Morgan fingerprint density at radius 1 is 1.32 bits per heavy atom. The van der Waals surface area contributed by atoms with E-state index in [1.807, 2.05) is 6.92 Å². The highest BCUT2D eigenvalue weighted by Crippen LogP contribution is 2.19. The smallest absolute Gasteiger partial charge is 0.269 e. The highest BCUT2D eigenvalue weighted by molar-refractivity contribution is 8.00. The van der Waals surface area contributed by atoms with Crippen molar-refractivity contribution in [1.82, 2.24) is 4.57 Å². The van der Waals surface area contributed by atoms with Gasteiger partial charge < -0.3 is 4.42 Å². The predicted octanol–water partition coefficient (Wildman–Crippen LogP) is 1.93. The Labute approximate surface area is 165 Å². The van der Waals surface area contributed by atoms with Crippen LogP contribution in [0.15, 0.2) is 69.4 Å². The minimum absolute atomic E-state index is 0.00258. The first-order valence-corrected chi connectivity index (χ1v) is 10.5. The zero-order chi connectivity index (χ0) is 20.3. The molecule has 3 aromatic rings. The van der Waals surface area contributed by atoms with Gasteiger partial charge in [-0.25, -0.2) is 8.42 Å². The van der Waals surface area contributed by atoms with Crippen molar-refractivity contribution >= 4 is 32.2 Å². The molecule has 3 rings (SSSR count). The maximum Gasteiger partial charge on any atom is 0.269 e. The third-order valence-electron chi connectivity index (χ3n) is 3.93. The van der Waals surface area contributed by atoms with Gasteiger partial charge in [-0.3, -0.25) is 9.36 Å². The first-order valence-electron chi connectivity index (χ1n) is 8.20. The van der Waals surface area contributed by atoms with Crippen molar-refractivity contribution in [3.8, 4) is 6.07 Å². The van der Waals surface area contributed by atoms with E-state index in [-0.39, 0.29) is 20.6 Å². The quantitative estimate of drug-likeness (QED) is 0.597. The lowest BCUT2D eigenvalue weighted by atomic mass is 10.2. The fraction of sp³-hybridized carbons (Fsp3) is 0.100. The zero-order valence-corrected chi connectivity index (χ0v) is 16.6. The molecule has 1 aromatic carbocycles. The number of aromatic nitrogens is 1. The molecule has 0 unspecified atom stereocenters. The van der Waals surface area contributed by atoms with Gasteiger partial charge in [0.05, 0.1) is 15.7 Å². The van der Waals surface area contributed by atoms with E-state index in [0.717, 1.165) is 16.9 Å². The van der Waals surface area contributed by atoms with Crippen molar-refractivity contribution in [2.24, 2.45) is 0 Å². The number of nitrogens with zero attached hydrogens (tertiary/aromatic N) is 2. The number of rotatable bonds is 5. The van der Waals surface area contributed by atoms with Gasteiger partial charge in [-0.2, -0.15) is 5.26 Å². The average molecular weight is 412 g/mol. The van der Waals surface area contributed by atoms with E-state index >= 15 is 0 Å². The van der Waals surface area contributed by atoms with Crippen LogP contribution in [-0.4, -0.2) is 13.0 Å². The van der Waals surface area contributed by atoms with E-state index in [0.29, 0.717) is 5.76 Å². The molecule has 0 amide bonds. The molecule has 0 atom stereocenters. The Morgan fingerprint density at radius 3 is 2.61 bits per heavy atom. The van der Waals surface area contributed by atoms with Gasteiger partial charge in [-0.15, -0.1) is 17.9 Å². The van der Waals surface area contributed by atoms with Gasteiger partial charge >= 0.3 is 0 Å². The van der Waals surface area contributed by atoms with Crippen LogP contribution in [0.3, 0.4) is 0 Å². The van der Waals surface area contributed by atoms with Crippen LogP contribution in [0.1, 0.15) is 11.3 Å². The van der Waals surface area contributed by atoms with Crippen LogP contribution >= 0.6 is 11.3 Å². The second-order valence-corrected chi connectivity index (χ2v) is 8.81. The summed E-state index contributed by atoms with van der Waals surface area (Å²) in [6.07, 6.45) is 4.46. The lowest BCUT2D eigenvalue weighted by Crippen LogP contribution is -2.32. The van der Waals surface area contributed by atoms with E-state index in [1.54, 1.807) is 30.3 Å². The van der Waals surface area contributed by atoms with E-state index in [1.165, 1.54) is 35.1 Å². The molecule has 0 fully saturated rings. The van der Waals surface area contributed by atoms with Crippen molar-refractivity contribution in [3.63, 3.8) is 0 Å². The van der Waals surface area contributed by atoms with Crippen LogP contribution < -0.4 is 14.8 Å². The number of sulfone groups is 1. The standard InChI is InChI=1S/C20H16N2O4S2/c1-3-10-22-19(23)17(12-15-5-4-11-26-15)27-20(22)18(13-21)28(24,25)16-8-6-14(2)7-9-16/h3-9,11-12H,1,10H2,2H3/b17-12-,20-18?. The number of hydrogen-bond acceptors (Lipinski definition) is 6. The summed E-state index contributed by atoms with van der Waals surface area (Å²) in [7, 11) is -4.09. The number of allylic oxidation sites excluding steroid dienone is 1. The lowest BCUT2D eigenvalue weighted by Gasteiger charge is -2.04. The summed E-state index contributed by atoms with van der Waals surface area (Å²) in [6.45, 7) is 5.52. The molecule has 2 aromatic heterocycles.